The van der Waals surface area contributed by atoms with E-state index < -0.39 is 13.9 Å². The lowest BCUT2D eigenvalue weighted by Crippen LogP contribution is -2.53. The second-order valence-electron chi connectivity index (χ2n) is 9.03. The summed E-state index contributed by atoms with van der Waals surface area (Å²) in [6.45, 7) is 17.2. The van der Waals surface area contributed by atoms with Crippen LogP contribution in [-0.4, -0.2) is 55.3 Å². The first-order chi connectivity index (χ1) is 10.3. The second-order valence-corrected chi connectivity index (χ2v) is 13.8. The molecule has 1 aliphatic heterocycles. The van der Waals surface area contributed by atoms with E-state index >= 15 is 0 Å². The zero-order chi connectivity index (χ0) is 18.1. The third kappa shape index (κ3) is 5.76. The van der Waals surface area contributed by atoms with Gasteiger partial charge in [-0.05, 0) is 51.7 Å². The number of amides is 1. The summed E-state index contributed by atoms with van der Waals surface area (Å²) in [4.78, 5) is 13.9. The lowest BCUT2D eigenvalue weighted by Gasteiger charge is -2.44. The van der Waals surface area contributed by atoms with Crippen LogP contribution in [-0.2, 0) is 9.16 Å². The second kappa shape index (κ2) is 7.11. The van der Waals surface area contributed by atoms with Crippen molar-refractivity contribution in [2.75, 3.05) is 13.2 Å². The van der Waals surface area contributed by atoms with Crippen LogP contribution in [0.5, 0.6) is 0 Å². The number of aliphatic hydroxyl groups is 1. The fourth-order valence-electron chi connectivity index (χ4n) is 2.45. The summed E-state index contributed by atoms with van der Waals surface area (Å²) in [5.74, 6) is 0. The topological polar surface area (TPSA) is 59.0 Å². The van der Waals surface area contributed by atoms with Crippen molar-refractivity contribution in [3.8, 4) is 0 Å². The first kappa shape index (κ1) is 20.5. The monoisotopic (exact) mass is 345 g/mol. The largest absolute Gasteiger partial charge is 0.444 e. The lowest BCUT2D eigenvalue weighted by molar-refractivity contribution is -0.0163. The summed E-state index contributed by atoms with van der Waals surface area (Å²) in [5.41, 5.74) is -0.522. The molecular weight excluding hydrogens is 310 g/mol. The highest BCUT2D eigenvalue weighted by molar-refractivity contribution is 6.74. The van der Waals surface area contributed by atoms with Crippen LogP contribution in [0.15, 0.2) is 0 Å². The van der Waals surface area contributed by atoms with E-state index in [1.54, 1.807) is 4.90 Å². The van der Waals surface area contributed by atoms with Gasteiger partial charge in [-0.1, -0.05) is 20.8 Å². The van der Waals surface area contributed by atoms with Crippen molar-refractivity contribution < 1.29 is 19.1 Å². The van der Waals surface area contributed by atoms with Crippen LogP contribution in [0.4, 0.5) is 4.79 Å². The molecule has 1 rings (SSSR count). The molecular formula is C17H35NO4Si. The fourth-order valence-corrected chi connectivity index (χ4v) is 3.85. The molecule has 0 unspecified atom stereocenters. The van der Waals surface area contributed by atoms with Gasteiger partial charge >= 0.3 is 6.09 Å². The number of ether oxygens (including phenoxy) is 1. The number of hydrogen-bond acceptors (Lipinski definition) is 4. The van der Waals surface area contributed by atoms with Crippen molar-refractivity contribution in [3.05, 3.63) is 0 Å². The van der Waals surface area contributed by atoms with Crippen molar-refractivity contribution in [3.63, 3.8) is 0 Å². The van der Waals surface area contributed by atoms with Crippen LogP contribution in [0, 0.1) is 0 Å². The maximum atomic E-state index is 12.3. The number of piperidine rings is 1. The molecule has 1 N–H and O–H groups in total. The third-order valence-corrected chi connectivity index (χ3v) is 9.31. The van der Waals surface area contributed by atoms with E-state index in [0.717, 1.165) is 6.42 Å². The molecule has 0 radical (unpaired) electrons. The van der Waals surface area contributed by atoms with Crippen LogP contribution in [0.2, 0.25) is 18.1 Å². The minimum Gasteiger partial charge on any atom is -0.444 e. The minimum absolute atomic E-state index is 0.0589. The Morgan fingerprint density at radius 2 is 1.78 bits per heavy atom. The number of carbonyl (C=O) groups excluding carboxylic acids is 1. The van der Waals surface area contributed by atoms with E-state index in [1.807, 2.05) is 20.8 Å². The Kier molecular flexibility index (Phi) is 6.32. The molecule has 0 aliphatic carbocycles. The van der Waals surface area contributed by atoms with Crippen LogP contribution in [0.1, 0.15) is 54.4 Å². The standard InChI is InChI=1S/C17H35NO4Si/c1-16(2,3)21-15(20)18-10-9-14(11-13(18)12-19)22-23(7,8)17(4,5)6/h13-14,19H,9-12H2,1-8H3/t13-,14+/m0/s1. The Labute approximate surface area is 142 Å². The molecule has 1 saturated heterocycles. The van der Waals surface area contributed by atoms with Crippen molar-refractivity contribution in [2.45, 2.75) is 90.3 Å². The summed E-state index contributed by atoms with van der Waals surface area (Å²) in [5, 5.41) is 9.85. The summed E-state index contributed by atoms with van der Waals surface area (Å²) < 4.78 is 11.9. The summed E-state index contributed by atoms with van der Waals surface area (Å²) in [6, 6.07) is -0.228. The van der Waals surface area contributed by atoms with E-state index in [-0.39, 0.29) is 29.9 Å². The number of rotatable bonds is 3. The summed E-state index contributed by atoms with van der Waals surface area (Å²) >= 11 is 0. The van der Waals surface area contributed by atoms with Crippen LogP contribution < -0.4 is 0 Å². The maximum absolute atomic E-state index is 12.3. The highest BCUT2D eigenvalue weighted by Gasteiger charge is 2.42. The molecule has 0 spiro atoms. The molecule has 2 atom stereocenters. The van der Waals surface area contributed by atoms with E-state index in [0.29, 0.717) is 13.0 Å². The molecule has 136 valence electrons. The summed E-state index contributed by atoms with van der Waals surface area (Å²) in [6.07, 6.45) is 1.22. The first-order valence-electron chi connectivity index (χ1n) is 8.55. The van der Waals surface area contributed by atoms with Gasteiger partial charge < -0.3 is 19.2 Å². The first-order valence-corrected chi connectivity index (χ1v) is 11.5. The molecule has 1 fully saturated rings. The smallest absolute Gasteiger partial charge is 0.410 e. The highest BCUT2D eigenvalue weighted by atomic mass is 28.4. The SMILES string of the molecule is CC(C)(C)OC(=O)N1CC[C@@H](O[Si](C)(C)C(C)(C)C)C[C@H]1CO. The third-order valence-electron chi connectivity index (χ3n) is 4.77. The quantitative estimate of drug-likeness (QED) is 0.791. The van der Waals surface area contributed by atoms with E-state index in [9.17, 15) is 9.90 Å². The summed E-state index contributed by atoms with van der Waals surface area (Å²) in [7, 11) is -1.84. The minimum atomic E-state index is -1.84. The average molecular weight is 346 g/mol. The molecule has 6 heteroatoms. The van der Waals surface area contributed by atoms with Gasteiger partial charge in [0.15, 0.2) is 8.32 Å². The number of likely N-dealkylation sites (tertiary alicyclic amines) is 1. The molecule has 5 nitrogen and oxygen atoms in total. The van der Waals surface area contributed by atoms with Gasteiger partial charge in [-0.2, -0.15) is 0 Å². The van der Waals surface area contributed by atoms with Gasteiger partial charge in [-0.3, -0.25) is 0 Å². The Balaban J connectivity index is 2.71. The number of nitrogens with zero attached hydrogens (tertiary/aromatic N) is 1. The molecule has 23 heavy (non-hydrogen) atoms. The highest BCUT2D eigenvalue weighted by Crippen LogP contribution is 2.39. The predicted molar refractivity (Wildman–Crippen MR) is 95.1 cm³/mol. The number of carbonyl (C=O) groups is 1. The molecule has 1 amide bonds. The van der Waals surface area contributed by atoms with Gasteiger partial charge in [0.05, 0.1) is 12.6 Å². The van der Waals surface area contributed by atoms with Gasteiger partial charge in [-0.25, -0.2) is 4.79 Å². The zero-order valence-electron chi connectivity index (χ0n) is 16.1. The molecule has 1 heterocycles. The van der Waals surface area contributed by atoms with Crippen molar-refractivity contribution >= 4 is 14.4 Å². The van der Waals surface area contributed by atoms with Crippen molar-refractivity contribution in [1.82, 2.24) is 4.90 Å². The zero-order valence-corrected chi connectivity index (χ0v) is 17.1. The maximum Gasteiger partial charge on any atom is 0.410 e. The average Bonchev–Trinajstić information content (AvgIpc) is 2.34. The van der Waals surface area contributed by atoms with Gasteiger partial charge in [0.25, 0.3) is 0 Å². The van der Waals surface area contributed by atoms with Gasteiger partial charge in [0, 0.05) is 12.6 Å². The van der Waals surface area contributed by atoms with Crippen LogP contribution >= 0.6 is 0 Å². The Hall–Kier alpha value is -0.593. The molecule has 0 aromatic heterocycles. The normalized spacial score (nSPS) is 23.8. The molecule has 0 bridgehead atoms. The number of hydrogen-bond donors (Lipinski definition) is 1. The van der Waals surface area contributed by atoms with E-state index in [2.05, 4.69) is 33.9 Å². The predicted octanol–water partition coefficient (Wildman–Crippen LogP) is 3.77. The Morgan fingerprint density at radius 1 is 1.22 bits per heavy atom. The molecule has 1 aliphatic rings. The van der Waals surface area contributed by atoms with Crippen LogP contribution in [0.3, 0.4) is 0 Å². The van der Waals surface area contributed by atoms with E-state index in [4.69, 9.17) is 9.16 Å². The number of aliphatic hydroxyl groups excluding tert-OH is 1. The van der Waals surface area contributed by atoms with Crippen molar-refractivity contribution in [2.24, 2.45) is 0 Å². The van der Waals surface area contributed by atoms with Crippen molar-refractivity contribution in [1.29, 1.82) is 0 Å². The van der Waals surface area contributed by atoms with Crippen LogP contribution in [0.25, 0.3) is 0 Å². The van der Waals surface area contributed by atoms with Gasteiger partial charge in [0.1, 0.15) is 5.60 Å². The molecule has 0 aromatic carbocycles. The van der Waals surface area contributed by atoms with E-state index in [1.165, 1.54) is 0 Å². The van der Waals surface area contributed by atoms with Gasteiger partial charge in [-0.15, -0.1) is 0 Å². The lowest BCUT2D eigenvalue weighted by atomic mass is 10.0. The fraction of sp³-hybridized carbons (Fsp3) is 0.941. The van der Waals surface area contributed by atoms with Gasteiger partial charge in [0.2, 0.25) is 0 Å². The Bertz CT molecular complexity index is 412. The Morgan fingerprint density at radius 3 is 2.22 bits per heavy atom. The molecule has 0 saturated carbocycles. The molecule has 0 aromatic rings.